The van der Waals surface area contributed by atoms with Crippen LogP contribution in [-0.2, 0) is 34.3 Å². The minimum atomic E-state index is -3.96. The van der Waals surface area contributed by atoms with E-state index in [-0.39, 0.29) is 28.8 Å². The first-order chi connectivity index (χ1) is 23.7. The van der Waals surface area contributed by atoms with Crippen molar-refractivity contribution in [2.75, 3.05) is 25.0 Å². The number of nitrogens with zero attached hydrogens (tertiary/aromatic N) is 4. The molecule has 4 atom stereocenters. The van der Waals surface area contributed by atoms with Crippen LogP contribution in [0.5, 0.6) is 0 Å². The Hall–Kier alpha value is -4.28. The third-order valence-electron chi connectivity index (χ3n) is 9.32. The number of hydrogen-bond acceptors (Lipinski definition) is 11. The van der Waals surface area contributed by atoms with Gasteiger partial charge >= 0.3 is 0 Å². The van der Waals surface area contributed by atoms with Gasteiger partial charge in [-0.15, -0.1) is 0 Å². The molecular formula is C35H39N7O6S. The number of ether oxygens (including phenoxy) is 1. The predicted molar refractivity (Wildman–Crippen MR) is 182 cm³/mol. The smallest absolute Gasteiger partial charge is 0.241 e. The third-order valence-corrected chi connectivity index (χ3v) is 10.8. The summed E-state index contributed by atoms with van der Waals surface area (Å²) in [6.45, 7) is 2.93. The first-order valence-electron chi connectivity index (χ1n) is 16.3. The van der Waals surface area contributed by atoms with Gasteiger partial charge in [-0.05, 0) is 53.8 Å². The molecule has 2 aliphatic rings. The van der Waals surface area contributed by atoms with Crippen LogP contribution in [0.15, 0.2) is 84.0 Å². The Morgan fingerprint density at radius 2 is 1.69 bits per heavy atom. The Kier molecular flexibility index (Phi) is 9.44. The molecule has 256 valence electrons. The molecule has 1 fully saturated rings. The molecule has 49 heavy (non-hydrogen) atoms. The topological polar surface area (TPSA) is 184 Å². The van der Waals surface area contributed by atoms with Crippen LogP contribution in [0.25, 0.3) is 11.2 Å². The van der Waals surface area contributed by atoms with Gasteiger partial charge in [0.25, 0.3) is 0 Å². The maximum Gasteiger partial charge on any atom is 0.241 e. The zero-order chi connectivity index (χ0) is 34.1. The first kappa shape index (κ1) is 33.2. The summed E-state index contributed by atoms with van der Waals surface area (Å²) in [6, 6.07) is 23.6. The average molecular weight is 686 g/mol. The number of sulfonamides is 1. The number of aryl methyl sites for hydroxylation is 1. The molecule has 4 heterocycles. The number of aromatic nitrogens is 4. The summed E-state index contributed by atoms with van der Waals surface area (Å²) >= 11 is 0. The number of aliphatic hydroxyl groups excluding tert-OH is 3. The van der Waals surface area contributed by atoms with Gasteiger partial charge in [-0.25, -0.2) is 28.1 Å². The number of anilines is 1. The number of aliphatic hydroxyl groups is 3. The molecule has 13 nitrogen and oxygen atoms in total. The molecule has 1 saturated heterocycles. The van der Waals surface area contributed by atoms with Crippen molar-refractivity contribution < 1.29 is 28.5 Å². The molecule has 1 unspecified atom stereocenters. The van der Waals surface area contributed by atoms with Crippen molar-refractivity contribution in [1.29, 1.82) is 0 Å². The van der Waals surface area contributed by atoms with Crippen molar-refractivity contribution in [1.82, 2.24) is 29.6 Å². The molecule has 2 aromatic heterocycles. The standard InChI is InChI=1S/C35H39N7O6S/c1-21-12-13-28(26-16-36-15-14-24(21)26)49(46,47)39-18-29-40-33(37-17-25(22-8-4-2-5-9-22)23-10-6-3-7-11-23)30-34(41-29)42(20-38-30)35-32(45)31(44)27(19-43)48-35/h2-13,20,25,27,31-32,35-36,39,43-45H,14-19H2,1H3,(H,37,40,41)/t27-,31-,32-,35?/m1/s1. The third kappa shape index (κ3) is 6.56. The lowest BCUT2D eigenvalue weighted by Crippen LogP contribution is -2.33. The Morgan fingerprint density at radius 1 is 0.980 bits per heavy atom. The molecule has 14 heteroatoms. The van der Waals surface area contributed by atoms with Crippen molar-refractivity contribution in [3.63, 3.8) is 0 Å². The lowest BCUT2D eigenvalue weighted by atomic mass is 9.91. The normalized spacial score (nSPS) is 20.9. The summed E-state index contributed by atoms with van der Waals surface area (Å²) in [5.41, 5.74) is 5.66. The van der Waals surface area contributed by atoms with Crippen LogP contribution in [0.2, 0.25) is 0 Å². The van der Waals surface area contributed by atoms with Gasteiger partial charge in [0, 0.05) is 19.0 Å². The van der Waals surface area contributed by atoms with Gasteiger partial charge in [-0.3, -0.25) is 4.57 Å². The number of fused-ring (bicyclic) bond motifs is 2. The SMILES string of the molecule is Cc1ccc(S(=O)(=O)NCc2nc(NCC(c3ccccc3)c3ccccc3)c3ncn(C4O[C@H](CO)[C@@H](O)[C@H]4O)c3n2)c2c1CCNC2. The molecule has 0 radical (unpaired) electrons. The zero-order valence-corrected chi connectivity index (χ0v) is 27.7. The minimum Gasteiger partial charge on any atom is -0.394 e. The van der Waals surface area contributed by atoms with Crippen LogP contribution < -0.4 is 15.4 Å². The molecule has 6 N–H and O–H groups in total. The number of nitrogens with one attached hydrogen (secondary N) is 3. The molecule has 3 aromatic carbocycles. The van der Waals surface area contributed by atoms with Crippen LogP contribution in [0.1, 0.15) is 45.8 Å². The Bertz CT molecular complexity index is 2000. The molecule has 0 bridgehead atoms. The van der Waals surface area contributed by atoms with E-state index in [9.17, 15) is 23.7 Å². The van der Waals surface area contributed by atoms with E-state index >= 15 is 0 Å². The van der Waals surface area contributed by atoms with E-state index < -0.39 is 41.2 Å². The van der Waals surface area contributed by atoms with Crippen molar-refractivity contribution in [3.8, 4) is 0 Å². The van der Waals surface area contributed by atoms with Crippen LogP contribution in [0.4, 0.5) is 5.82 Å². The van der Waals surface area contributed by atoms with E-state index in [1.165, 1.54) is 10.9 Å². The minimum absolute atomic E-state index is 0.0572. The van der Waals surface area contributed by atoms with Gasteiger partial charge in [0.2, 0.25) is 10.0 Å². The number of imidazole rings is 1. The highest BCUT2D eigenvalue weighted by Gasteiger charge is 2.44. The summed E-state index contributed by atoms with van der Waals surface area (Å²) in [7, 11) is -3.96. The van der Waals surface area contributed by atoms with Crippen molar-refractivity contribution >= 4 is 27.0 Å². The van der Waals surface area contributed by atoms with Crippen LogP contribution >= 0.6 is 0 Å². The fraction of sp³-hybridized carbons (Fsp3) is 0.343. The Morgan fingerprint density at radius 3 is 2.37 bits per heavy atom. The second-order valence-corrected chi connectivity index (χ2v) is 14.1. The van der Waals surface area contributed by atoms with Crippen molar-refractivity contribution in [2.45, 2.75) is 61.8 Å². The van der Waals surface area contributed by atoms with E-state index in [2.05, 4.69) is 49.6 Å². The van der Waals surface area contributed by atoms with Gasteiger partial charge in [-0.2, -0.15) is 0 Å². The lowest BCUT2D eigenvalue weighted by molar-refractivity contribution is -0.0511. The van der Waals surface area contributed by atoms with Crippen LogP contribution in [0, 0.1) is 6.92 Å². The van der Waals surface area contributed by atoms with Crippen LogP contribution in [0.3, 0.4) is 0 Å². The van der Waals surface area contributed by atoms with E-state index in [1.807, 2.05) is 49.4 Å². The van der Waals surface area contributed by atoms with Gasteiger partial charge < -0.3 is 30.7 Å². The van der Waals surface area contributed by atoms with Gasteiger partial charge in [0.05, 0.1) is 24.4 Å². The first-order valence-corrected chi connectivity index (χ1v) is 17.7. The largest absolute Gasteiger partial charge is 0.394 e. The summed E-state index contributed by atoms with van der Waals surface area (Å²) in [4.78, 5) is 14.2. The van der Waals surface area contributed by atoms with Crippen molar-refractivity contribution in [2.24, 2.45) is 0 Å². The maximum atomic E-state index is 13.7. The molecule has 7 rings (SSSR count). The Labute approximate surface area is 284 Å². The fourth-order valence-electron chi connectivity index (χ4n) is 6.70. The van der Waals surface area contributed by atoms with E-state index in [4.69, 9.17) is 9.72 Å². The fourth-order valence-corrected chi connectivity index (χ4v) is 7.95. The highest BCUT2D eigenvalue weighted by Crippen LogP contribution is 2.33. The zero-order valence-electron chi connectivity index (χ0n) is 26.9. The molecule has 0 amide bonds. The van der Waals surface area contributed by atoms with E-state index in [0.717, 1.165) is 40.8 Å². The lowest BCUT2D eigenvalue weighted by Gasteiger charge is -2.22. The van der Waals surface area contributed by atoms with Crippen molar-refractivity contribution in [3.05, 3.63) is 113 Å². The highest BCUT2D eigenvalue weighted by molar-refractivity contribution is 7.89. The molecule has 2 aliphatic heterocycles. The molecule has 0 spiro atoms. The second-order valence-electron chi connectivity index (χ2n) is 12.4. The Balaban J connectivity index is 1.24. The highest BCUT2D eigenvalue weighted by atomic mass is 32.2. The molecular weight excluding hydrogens is 646 g/mol. The van der Waals surface area contributed by atoms with Gasteiger partial charge in [0.1, 0.15) is 24.1 Å². The van der Waals surface area contributed by atoms with E-state index in [1.54, 1.807) is 6.07 Å². The summed E-state index contributed by atoms with van der Waals surface area (Å²) in [5, 5.41) is 37.7. The van der Waals surface area contributed by atoms with Gasteiger partial charge in [0.15, 0.2) is 23.2 Å². The summed E-state index contributed by atoms with van der Waals surface area (Å²) in [5.74, 6) is 0.457. The van der Waals surface area contributed by atoms with Crippen LogP contribution in [-0.4, -0.2) is 81.3 Å². The summed E-state index contributed by atoms with van der Waals surface area (Å²) < 4.78 is 37.4. The number of hydrogen-bond donors (Lipinski definition) is 6. The van der Waals surface area contributed by atoms with Gasteiger partial charge in [-0.1, -0.05) is 66.7 Å². The molecule has 5 aromatic rings. The average Bonchev–Trinajstić information content (AvgIpc) is 3.68. The number of benzene rings is 3. The molecule has 0 aliphatic carbocycles. The second kappa shape index (κ2) is 13.9. The molecule has 0 saturated carbocycles. The monoisotopic (exact) mass is 685 g/mol. The maximum absolute atomic E-state index is 13.7. The number of rotatable bonds is 11. The predicted octanol–water partition coefficient (Wildman–Crippen LogP) is 2.11. The summed E-state index contributed by atoms with van der Waals surface area (Å²) in [6.07, 6.45) is -2.63. The van der Waals surface area contributed by atoms with E-state index in [0.29, 0.717) is 24.4 Å². The quantitative estimate of drug-likeness (QED) is 0.120.